The van der Waals surface area contributed by atoms with Crippen LogP contribution < -0.4 is 5.73 Å². The van der Waals surface area contributed by atoms with E-state index in [9.17, 15) is 0 Å². The summed E-state index contributed by atoms with van der Waals surface area (Å²) < 4.78 is 3.20. The Morgan fingerprint density at radius 2 is 2.47 bits per heavy atom. The summed E-state index contributed by atoms with van der Waals surface area (Å²) in [6.07, 6.45) is 1.80. The highest BCUT2D eigenvalue weighted by molar-refractivity contribution is 14.1. The Balaban J connectivity index is 2.31. The summed E-state index contributed by atoms with van der Waals surface area (Å²) in [6.45, 7) is 2.93. The highest BCUT2D eigenvalue weighted by Crippen LogP contribution is 2.25. The molecular formula is C10H12IN3S. The second-order valence-corrected chi connectivity index (χ2v) is 6.04. The summed E-state index contributed by atoms with van der Waals surface area (Å²) >= 11 is 4.03. The van der Waals surface area contributed by atoms with E-state index < -0.39 is 0 Å². The minimum absolute atomic E-state index is 0.0628. The van der Waals surface area contributed by atoms with Crippen molar-refractivity contribution in [3.05, 3.63) is 37.9 Å². The Hall–Kier alpha value is -0.400. The molecule has 0 amide bonds. The monoisotopic (exact) mass is 333 g/mol. The molecule has 0 aliphatic rings. The van der Waals surface area contributed by atoms with Crippen molar-refractivity contribution in [3.8, 4) is 0 Å². The molecule has 2 aromatic heterocycles. The third-order valence-corrected chi connectivity index (χ3v) is 4.12. The van der Waals surface area contributed by atoms with Crippen molar-refractivity contribution in [2.75, 3.05) is 0 Å². The maximum atomic E-state index is 6.19. The Morgan fingerprint density at radius 1 is 1.67 bits per heavy atom. The molecule has 80 valence electrons. The zero-order valence-electron chi connectivity index (χ0n) is 8.35. The highest BCUT2D eigenvalue weighted by atomic mass is 127. The quantitative estimate of drug-likeness (QED) is 0.878. The lowest BCUT2D eigenvalue weighted by Gasteiger charge is -2.11. The number of rotatable bonds is 3. The van der Waals surface area contributed by atoms with Gasteiger partial charge in [-0.25, -0.2) is 0 Å². The fourth-order valence-electron chi connectivity index (χ4n) is 1.53. The molecule has 1 atom stereocenters. The molecule has 2 heterocycles. The molecule has 0 spiro atoms. The minimum Gasteiger partial charge on any atom is -0.319 e. The van der Waals surface area contributed by atoms with Gasteiger partial charge < -0.3 is 5.73 Å². The van der Waals surface area contributed by atoms with Gasteiger partial charge in [0, 0.05) is 12.7 Å². The Kier molecular flexibility index (Phi) is 3.42. The molecule has 0 saturated heterocycles. The van der Waals surface area contributed by atoms with Crippen molar-refractivity contribution in [2.45, 2.75) is 19.5 Å². The second-order valence-electron chi connectivity index (χ2n) is 3.23. The molecule has 5 heteroatoms. The summed E-state index contributed by atoms with van der Waals surface area (Å²) in [7, 11) is 0. The number of halogens is 1. The van der Waals surface area contributed by atoms with E-state index in [2.05, 4.69) is 46.1 Å². The first kappa shape index (κ1) is 11.1. The molecule has 0 fully saturated rings. The second kappa shape index (κ2) is 4.63. The SMILES string of the molecule is CCn1nccc1C(N)c1csc(I)c1. The third kappa shape index (κ3) is 2.24. The van der Waals surface area contributed by atoms with Crippen LogP contribution in [0.3, 0.4) is 0 Å². The number of nitrogens with zero attached hydrogens (tertiary/aromatic N) is 2. The van der Waals surface area contributed by atoms with Crippen LogP contribution in [0.1, 0.15) is 24.2 Å². The maximum Gasteiger partial charge on any atom is 0.0731 e. The Morgan fingerprint density at radius 3 is 3.07 bits per heavy atom. The van der Waals surface area contributed by atoms with E-state index in [4.69, 9.17) is 5.73 Å². The van der Waals surface area contributed by atoms with Crippen molar-refractivity contribution >= 4 is 33.9 Å². The van der Waals surface area contributed by atoms with E-state index in [-0.39, 0.29) is 6.04 Å². The summed E-state index contributed by atoms with van der Waals surface area (Å²) in [5, 5.41) is 6.34. The zero-order valence-corrected chi connectivity index (χ0v) is 11.3. The van der Waals surface area contributed by atoms with Crippen LogP contribution in [0.4, 0.5) is 0 Å². The van der Waals surface area contributed by atoms with Gasteiger partial charge in [0.25, 0.3) is 0 Å². The number of aryl methyl sites for hydroxylation is 1. The van der Waals surface area contributed by atoms with Crippen LogP contribution in [0.2, 0.25) is 0 Å². The van der Waals surface area contributed by atoms with Gasteiger partial charge in [-0.15, -0.1) is 11.3 Å². The van der Waals surface area contributed by atoms with E-state index in [1.807, 2.05) is 10.7 Å². The lowest BCUT2D eigenvalue weighted by molar-refractivity contribution is 0.601. The standard InChI is InChI=1S/C10H12IN3S/c1-2-14-8(3-4-13-14)10(12)7-5-9(11)15-6-7/h3-6,10H,2,12H2,1H3. The first-order valence-electron chi connectivity index (χ1n) is 4.73. The Labute approximate surface area is 106 Å². The number of nitrogens with two attached hydrogens (primary N) is 1. The molecule has 0 aliphatic heterocycles. The van der Waals surface area contributed by atoms with Gasteiger partial charge in [0.05, 0.1) is 14.6 Å². The molecule has 2 rings (SSSR count). The topological polar surface area (TPSA) is 43.8 Å². The van der Waals surface area contributed by atoms with Crippen molar-refractivity contribution < 1.29 is 0 Å². The normalized spacial score (nSPS) is 13.0. The zero-order chi connectivity index (χ0) is 10.8. The molecule has 2 N–H and O–H groups in total. The van der Waals surface area contributed by atoms with Crippen molar-refractivity contribution in [1.82, 2.24) is 9.78 Å². The van der Waals surface area contributed by atoms with Crippen LogP contribution in [0.5, 0.6) is 0 Å². The molecule has 1 unspecified atom stereocenters. The first-order chi connectivity index (χ1) is 7.22. The average Bonchev–Trinajstić information content (AvgIpc) is 2.84. The van der Waals surface area contributed by atoms with Gasteiger partial charge in [0.2, 0.25) is 0 Å². The average molecular weight is 333 g/mol. The van der Waals surface area contributed by atoms with Gasteiger partial charge >= 0.3 is 0 Å². The molecule has 0 radical (unpaired) electrons. The number of hydrogen-bond acceptors (Lipinski definition) is 3. The van der Waals surface area contributed by atoms with Gasteiger partial charge in [0.1, 0.15) is 0 Å². The lowest BCUT2D eigenvalue weighted by atomic mass is 10.1. The molecule has 2 aromatic rings. The molecule has 0 aliphatic carbocycles. The van der Waals surface area contributed by atoms with E-state index in [0.717, 1.165) is 12.2 Å². The number of thiophene rings is 1. The maximum absolute atomic E-state index is 6.19. The molecule has 0 aromatic carbocycles. The summed E-state index contributed by atoms with van der Waals surface area (Å²) in [6, 6.07) is 4.05. The fourth-order valence-corrected chi connectivity index (χ4v) is 2.94. The molecular weight excluding hydrogens is 321 g/mol. The largest absolute Gasteiger partial charge is 0.319 e. The van der Waals surface area contributed by atoms with Crippen molar-refractivity contribution in [3.63, 3.8) is 0 Å². The van der Waals surface area contributed by atoms with Crippen LogP contribution in [0, 0.1) is 2.88 Å². The fraction of sp³-hybridized carbons (Fsp3) is 0.300. The van der Waals surface area contributed by atoms with E-state index in [1.165, 1.54) is 8.45 Å². The third-order valence-electron chi connectivity index (χ3n) is 2.31. The van der Waals surface area contributed by atoms with Crippen LogP contribution >= 0.6 is 33.9 Å². The van der Waals surface area contributed by atoms with Gasteiger partial charge in [-0.05, 0) is 52.6 Å². The van der Waals surface area contributed by atoms with Crippen LogP contribution in [-0.4, -0.2) is 9.78 Å². The van der Waals surface area contributed by atoms with Crippen LogP contribution in [0.25, 0.3) is 0 Å². The van der Waals surface area contributed by atoms with E-state index in [1.54, 1.807) is 17.5 Å². The van der Waals surface area contributed by atoms with Crippen molar-refractivity contribution in [2.24, 2.45) is 5.73 Å². The number of hydrogen-bond donors (Lipinski definition) is 1. The van der Waals surface area contributed by atoms with E-state index >= 15 is 0 Å². The van der Waals surface area contributed by atoms with E-state index in [0.29, 0.717) is 0 Å². The predicted octanol–water partition coefficient (Wildman–Crippen LogP) is 2.62. The van der Waals surface area contributed by atoms with Crippen molar-refractivity contribution in [1.29, 1.82) is 0 Å². The van der Waals surface area contributed by atoms with Crippen LogP contribution in [0.15, 0.2) is 23.7 Å². The molecule has 0 bridgehead atoms. The van der Waals surface area contributed by atoms with Crippen LogP contribution in [-0.2, 0) is 6.54 Å². The molecule has 15 heavy (non-hydrogen) atoms. The molecule has 3 nitrogen and oxygen atoms in total. The predicted molar refractivity (Wildman–Crippen MR) is 71.0 cm³/mol. The first-order valence-corrected chi connectivity index (χ1v) is 6.69. The molecule has 0 saturated carbocycles. The van der Waals surface area contributed by atoms with Gasteiger partial charge in [-0.3, -0.25) is 4.68 Å². The minimum atomic E-state index is -0.0628. The summed E-state index contributed by atoms with van der Waals surface area (Å²) in [4.78, 5) is 0. The van der Waals surface area contributed by atoms with Gasteiger partial charge in [-0.2, -0.15) is 5.10 Å². The summed E-state index contributed by atoms with van der Waals surface area (Å²) in [5.41, 5.74) is 8.43. The highest BCUT2D eigenvalue weighted by Gasteiger charge is 2.14. The number of aromatic nitrogens is 2. The van der Waals surface area contributed by atoms with Gasteiger partial charge in [-0.1, -0.05) is 0 Å². The van der Waals surface area contributed by atoms with Gasteiger partial charge in [0.15, 0.2) is 0 Å². The Bertz CT molecular complexity index is 449. The summed E-state index contributed by atoms with van der Waals surface area (Å²) in [5.74, 6) is 0. The smallest absolute Gasteiger partial charge is 0.0731 e. The lowest BCUT2D eigenvalue weighted by Crippen LogP contribution is -2.16.